The highest BCUT2D eigenvalue weighted by Gasteiger charge is 2.33. The van der Waals surface area contributed by atoms with E-state index in [0.717, 1.165) is 19.3 Å². The maximum Gasteiger partial charge on any atom is 0.223 e. The van der Waals surface area contributed by atoms with Gasteiger partial charge in [0.05, 0.1) is 0 Å². The van der Waals surface area contributed by atoms with Crippen LogP contribution in [-0.2, 0) is 16.1 Å². The molecule has 3 nitrogen and oxygen atoms in total. The zero-order chi connectivity index (χ0) is 15.5. The second kappa shape index (κ2) is 6.47. The van der Waals surface area contributed by atoms with Gasteiger partial charge in [-0.3, -0.25) is 9.59 Å². The van der Waals surface area contributed by atoms with Crippen LogP contribution in [0.15, 0.2) is 42.0 Å². The van der Waals surface area contributed by atoms with Crippen molar-refractivity contribution in [3.8, 4) is 0 Å². The molecule has 0 radical (unpaired) electrons. The van der Waals surface area contributed by atoms with Gasteiger partial charge in [0.1, 0.15) is 0 Å². The summed E-state index contributed by atoms with van der Waals surface area (Å²) in [6.45, 7) is 2.73. The Morgan fingerprint density at radius 2 is 1.91 bits per heavy atom. The average molecular weight is 297 g/mol. The van der Waals surface area contributed by atoms with Crippen molar-refractivity contribution in [1.82, 2.24) is 4.90 Å². The number of hydrogen-bond acceptors (Lipinski definition) is 2. The molecule has 1 aromatic rings. The lowest BCUT2D eigenvalue weighted by Crippen LogP contribution is -2.34. The van der Waals surface area contributed by atoms with Gasteiger partial charge in [-0.1, -0.05) is 35.9 Å². The number of carbonyl (C=O) groups is 2. The SMILES string of the molecule is CC1=CC(=O)CC(C[C@@H]2CCC(=O)N2Cc2ccccc2)C1. The quantitative estimate of drug-likeness (QED) is 0.853. The molecule has 0 bridgehead atoms. The summed E-state index contributed by atoms with van der Waals surface area (Å²) in [5.74, 6) is 0.891. The summed E-state index contributed by atoms with van der Waals surface area (Å²) in [7, 11) is 0. The molecule has 116 valence electrons. The zero-order valence-electron chi connectivity index (χ0n) is 13.1. The number of nitrogens with zero attached hydrogens (tertiary/aromatic N) is 1. The largest absolute Gasteiger partial charge is 0.335 e. The van der Waals surface area contributed by atoms with E-state index >= 15 is 0 Å². The monoisotopic (exact) mass is 297 g/mol. The Morgan fingerprint density at radius 3 is 2.64 bits per heavy atom. The van der Waals surface area contributed by atoms with E-state index in [0.29, 0.717) is 25.3 Å². The van der Waals surface area contributed by atoms with Gasteiger partial charge in [0, 0.05) is 25.4 Å². The van der Waals surface area contributed by atoms with Crippen molar-refractivity contribution in [3.05, 3.63) is 47.5 Å². The van der Waals surface area contributed by atoms with Gasteiger partial charge >= 0.3 is 0 Å². The maximum absolute atomic E-state index is 12.2. The number of amides is 1. The van der Waals surface area contributed by atoms with Crippen molar-refractivity contribution in [2.75, 3.05) is 0 Å². The molecule has 0 N–H and O–H groups in total. The summed E-state index contributed by atoms with van der Waals surface area (Å²) >= 11 is 0. The van der Waals surface area contributed by atoms with Crippen molar-refractivity contribution in [2.45, 2.75) is 51.6 Å². The van der Waals surface area contributed by atoms with Gasteiger partial charge in [0.25, 0.3) is 0 Å². The van der Waals surface area contributed by atoms with E-state index in [4.69, 9.17) is 0 Å². The van der Waals surface area contributed by atoms with Crippen LogP contribution >= 0.6 is 0 Å². The standard InChI is InChI=1S/C19H23NO2/c1-14-9-16(12-18(21)10-14)11-17-7-8-19(22)20(17)13-15-5-3-2-4-6-15/h2-6,10,16-17H,7-9,11-13H2,1H3/t16?,17-/m0/s1. The molecule has 2 aliphatic rings. The lowest BCUT2D eigenvalue weighted by atomic mass is 9.84. The zero-order valence-corrected chi connectivity index (χ0v) is 13.1. The number of rotatable bonds is 4. The van der Waals surface area contributed by atoms with Crippen LogP contribution in [0.5, 0.6) is 0 Å². The van der Waals surface area contributed by atoms with Gasteiger partial charge in [-0.2, -0.15) is 0 Å². The molecule has 1 aromatic carbocycles. The fourth-order valence-electron chi connectivity index (χ4n) is 3.79. The molecule has 1 fully saturated rings. The molecule has 1 unspecified atom stereocenters. The fraction of sp³-hybridized carbons (Fsp3) is 0.474. The van der Waals surface area contributed by atoms with Crippen molar-refractivity contribution in [1.29, 1.82) is 0 Å². The van der Waals surface area contributed by atoms with E-state index < -0.39 is 0 Å². The van der Waals surface area contributed by atoms with Crippen LogP contribution in [0, 0.1) is 5.92 Å². The van der Waals surface area contributed by atoms with E-state index in [1.54, 1.807) is 6.08 Å². The highest BCUT2D eigenvalue weighted by Crippen LogP contribution is 2.32. The summed E-state index contributed by atoms with van der Waals surface area (Å²) in [6, 6.07) is 10.4. The Labute approximate surface area is 132 Å². The van der Waals surface area contributed by atoms with Gasteiger partial charge in [-0.05, 0) is 43.7 Å². The highest BCUT2D eigenvalue weighted by atomic mass is 16.2. The normalized spacial score (nSPS) is 25.5. The lowest BCUT2D eigenvalue weighted by Gasteiger charge is -2.29. The Kier molecular flexibility index (Phi) is 4.41. The van der Waals surface area contributed by atoms with Crippen LogP contribution in [0.3, 0.4) is 0 Å². The van der Waals surface area contributed by atoms with E-state index in [9.17, 15) is 9.59 Å². The third-order valence-electron chi connectivity index (χ3n) is 4.76. The van der Waals surface area contributed by atoms with Crippen LogP contribution in [0.2, 0.25) is 0 Å². The smallest absolute Gasteiger partial charge is 0.223 e. The molecule has 1 amide bonds. The fourth-order valence-corrected chi connectivity index (χ4v) is 3.79. The number of hydrogen-bond donors (Lipinski definition) is 0. The van der Waals surface area contributed by atoms with Crippen molar-refractivity contribution >= 4 is 11.7 Å². The van der Waals surface area contributed by atoms with Crippen LogP contribution in [-0.4, -0.2) is 22.6 Å². The molecule has 2 atom stereocenters. The van der Waals surface area contributed by atoms with Crippen LogP contribution < -0.4 is 0 Å². The van der Waals surface area contributed by atoms with Crippen molar-refractivity contribution < 1.29 is 9.59 Å². The predicted molar refractivity (Wildman–Crippen MR) is 86.1 cm³/mol. The van der Waals surface area contributed by atoms with Gasteiger partial charge in [0.2, 0.25) is 5.91 Å². The second-order valence-electron chi connectivity index (χ2n) is 6.67. The van der Waals surface area contributed by atoms with Gasteiger partial charge in [-0.25, -0.2) is 0 Å². The summed E-state index contributed by atoms with van der Waals surface area (Å²) in [4.78, 5) is 26.0. The van der Waals surface area contributed by atoms with Gasteiger partial charge in [-0.15, -0.1) is 0 Å². The molecule has 0 aromatic heterocycles. The molecule has 1 aliphatic carbocycles. The van der Waals surface area contributed by atoms with Crippen LogP contribution in [0.1, 0.15) is 44.6 Å². The molecule has 1 aliphatic heterocycles. The summed E-state index contributed by atoms with van der Waals surface area (Å²) in [6.07, 6.45) is 5.94. The number of ketones is 1. The Bertz CT molecular complexity index is 591. The molecule has 3 heteroatoms. The van der Waals surface area contributed by atoms with E-state index in [-0.39, 0.29) is 17.7 Å². The van der Waals surface area contributed by atoms with Crippen molar-refractivity contribution in [3.63, 3.8) is 0 Å². The summed E-state index contributed by atoms with van der Waals surface area (Å²) in [5, 5.41) is 0. The predicted octanol–water partition coefficient (Wildman–Crippen LogP) is 3.49. The third-order valence-corrected chi connectivity index (χ3v) is 4.76. The highest BCUT2D eigenvalue weighted by molar-refractivity contribution is 5.91. The minimum absolute atomic E-state index is 0.243. The summed E-state index contributed by atoms with van der Waals surface area (Å²) < 4.78 is 0. The molecule has 0 spiro atoms. The first-order chi connectivity index (χ1) is 10.6. The number of likely N-dealkylation sites (tertiary alicyclic amines) is 1. The Balaban J connectivity index is 1.66. The van der Waals surface area contributed by atoms with E-state index in [1.807, 2.05) is 30.0 Å². The van der Waals surface area contributed by atoms with E-state index in [1.165, 1.54) is 11.1 Å². The third kappa shape index (κ3) is 3.46. The number of allylic oxidation sites excluding steroid dienone is 2. The lowest BCUT2D eigenvalue weighted by molar-refractivity contribution is -0.129. The molecule has 0 saturated carbocycles. The van der Waals surface area contributed by atoms with Crippen LogP contribution in [0.25, 0.3) is 0 Å². The number of carbonyl (C=O) groups excluding carboxylic acids is 2. The van der Waals surface area contributed by atoms with Crippen molar-refractivity contribution in [2.24, 2.45) is 5.92 Å². The average Bonchev–Trinajstić information content (AvgIpc) is 2.80. The molecule has 3 rings (SSSR count). The summed E-state index contributed by atoms with van der Waals surface area (Å²) in [5.41, 5.74) is 2.36. The first-order valence-corrected chi connectivity index (χ1v) is 8.15. The van der Waals surface area contributed by atoms with Crippen LogP contribution in [0.4, 0.5) is 0 Å². The first kappa shape index (κ1) is 15.0. The Morgan fingerprint density at radius 1 is 1.14 bits per heavy atom. The van der Waals surface area contributed by atoms with Gasteiger partial charge in [0.15, 0.2) is 5.78 Å². The minimum atomic E-state index is 0.243. The number of benzene rings is 1. The van der Waals surface area contributed by atoms with Gasteiger partial charge < -0.3 is 4.90 Å². The first-order valence-electron chi connectivity index (χ1n) is 8.15. The molecular formula is C19H23NO2. The Hall–Kier alpha value is -1.90. The minimum Gasteiger partial charge on any atom is -0.335 e. The molecule has 1 heterocycles. The molecule has 1 saturated heterocycles. The van der Waals surface area contributed by atoms with E-state index in [2.05, 4.69) is 12.1 Å². The molecule has 22 heavy (non-hydrogen) atoms. The second-order valence-corrected chi connectivity index (χ2v) is 6.67. The molecular weight excluding hydrogens is 274 g/mol. The topological polar surface area (TPSA) is 37.4 Å². The maximum atomic E-state index is 12.2.